The summed E-state index contributed by atoms with van der Waals surface area (Å²) in [6, 6.07) is 17.0. The SMILES string of the molecule is COCCS(=O)(=O)NC(c1ccccc1)c1ccc(C)cc1. The minimum atomic E-state index is -3.42. The van der Waals surface area contributed by atoms with Crippen LogP contribution in [0.15, 0.2) is 54.6 Å². The Morgan fingerprint density at radius 3 is 2.18 bits per heavy atom. The van der Waals surface area contributed by atoms with E-state index in [1.165, 1.54) is 7.11 Å². The monoisotopic (exact) mass is 319 g/mol. The summed E-state index contributed by atoms with van der Waals surface area (Å²) in [5.74, 6) is -0.0569. The van der Waals surface area contributed by atoms with Crippen LogP contribution in [0.2, 0.25) is 0 Å². The van der Waals surface area contributed by atoms with Gasteiger partial charge in [-0.15, -0.1) is 0 Å². The number of nitrogens with one attached hydrogen (secondary N) is 1. The van der Waals surface area contributed by atoms with E-state index in [9.17, 15) is 8.42 Å². The molecule has 0 bridgehead atoms. The van der Waals surface area contributed by atoms with Crippen molar-refractivity contribution in [2.45, 2.75) is 13.0 Å². The molecule has 4 nitrogen and oxygen atoms in total. The first-order valence-corrected chi connectivity index (χ1v) is 8.77. The maximum Gasteiger partial charge on any atom is 0.214 e. The Hall–Kier alpha value is -1.69. The third-order valence-corrected chi connectivity index (χ3v) is 4.70. The predicted molar refractivity (Wildman–Crippen MR) is 88.3 cm³/mol. The normalized spacial score (nSPS) is 13.0. The topological polar surface area (TPSA) is 55.4 Å². The van der Waals surface area contributed by atoms with Gasteiger partial charge in [-0.2, -0.15) is 0 Å². The van der Waals surface area contributed by atoms with E-state index < -0.39 is 16.1 Å². The van der Waals surface area contributed by atoms with Crippen molar-refractivity contribution in [3.63, 3.8) is 0 Å². The first kappa shape index (κ1) is 16.7. The highest BCUT2D eigenvalue weighted by Crippen LogP contribution is 2.23. The van der Waals surface area contributed by atoms with Crippen LogP contribution in [0.25, 0.3) is 0 Å². The summed E-state index contributed by atoms with van der Waals surface area (Å²) in [5, 5.41) is 0. The molecular formula is C17H21NO3S. The van der Waals surface area contributed by atoms with Crippen molar-refractivity contribution in [3.8, 4) is 0 Å². The second kappa shape index (κ2) is 7.54. The van der Waals surface area contributed by atoms with Gasteiger partial charge < -0.3 is 4.74 Å². The van der Waals surface area contributed by atoms with Crippen LogP contribution in [-0.2, 0) is 14.8 Å². The summed E-state index contributed by atoms with van der Waals surface area (Å²) < 4.78 is 32.1. The van der Waals surface area contributed by atoms with Gasteiger partial charge in [-0.3, -0.25) is 0 Å². The van der Waals surface area contributed by atoms with Crippen LogP contribution in [0.1, 0.15) is 22.7 Å². The standard InChI is InChI=1S/C17H21NO3S/c1-14-8-10-16(11-9-14)17(15-6-4-3-5-7-15)18-22(19,20)13-12-21-2/h3-11,17-18H,12-13H2,1-2H3. The molecule has 0 aromatic heterocycles. The average Bonchev–Trinajstić information content (AvgIpc) is 2.53. The van der Waals surface area contributed by atoms with Crippen LogP contribution in [-0.4, -0.2) is 27.9 Å². The highest BCUT2D eigenvalue weighted by molar-refractivity contribution is 7.89. The molecule has 1 unspecified atom stereocenters. The summed E-state index contributed by atoms with van der Waals surface area (Å²) in [5.41, 5.74) is 2.96. The van der Waals surface area contributed by atoms with Crippen LogP contribution in [0.4, 0.5) is 0 Å². The lowest BCUT2D eigenvalue weighted by Crippen LogP contribution is -2.32. The van der Waals surface area contributed by atoms with Crippen molar-refractivity contribution in [2.24, 2.45) is 0 Å². The number of hydrogen-bond donors (Lipinski definition) is 1. The molecule has 0 saturated carbocycles. The Morgan fingerprint density at radius 2 is 1.59 bits per heavy atom. The fourth-order valence-electron chi connectivity index (χ4n) is 2.16. The van der Waals surface area contributed by atoms with Gasteiger partial charge in [0.25, 0.3) is 0 Å². The third kappa shape index (κ3) is 4.66. The van der Waals surface area contributed by atoms with Crippen molar-refractivity contribution < 1.29 is 13.2 Å². The quantitative estimate of drug-likeness (QED) is 0.853. The van der Waals surface area contributed by atoms with Gasteiger partial charge in [0.2, 0.25) is 10.0 Å². The second-order valence-corrected chi connectivity index (χ2v) is 7.06. The molecule has 0 aliphatic rings. The molecule has 0 spiro atoms. The summed E-state index contributed by atoms with van der Waals surface area (Å²) in [4.78, 5) is 0. The number of ether oxygens (including phenoxy) is 1. The van der Waals surface area contributed by atoms with Gasteiger partial charge in [-0.25, -0.2) is 13.1 Å². The van der Waals surface area contributed by atoms with Crippen molar-refractivity contribution >= 4 is 10.0 Å². The lowest BCUT2D eigenvalue weighted by molar-refractivity contribution is 0.217. The molecule has 2 aromatic carbocycles. The van der Waals surface area contributed by atoms with Gasteiger partial charge in [0.1, 0.15) is 0 Å². The van der Waals surface area contributed by atoms with Crippen LogP contribution in [0, 0.1) is 6.92 Å². The Kier molecular flexibility index (Phi) is 5.71. The van der Waals surface area contributed by atoms with Crippen LogP contribution in [0.3, 0.4) is 0 Å². The third-order valence-electron chi connectivity index (χ3n) is 3.40. The Bertz CT molecular complexity index is 682. The van der Waals surface area contributed by atoms with Gasteiger partial charge in [0.05, 0.1) is 18.4 Å². The maximum absolute atomic E-state index is 12.2. The van der Waals surface area contributed by atoms with Crippen LogP contribution in [0.5, 0.6) is 0 Å². The van der Waals surface area contributed by atoms with Crippen molar-refractivity contribution in [1.82, 2.24) is 4.72 Å². The molecule has 5 heteroatoms. The van der Waals surface area contributed by atoms with E-state index in [2.05, 4.69) is 4.72 Å². The number of hydrogen-bond acceptors (Lipinski definition) is 3. The molecule has 0 heterocycles. The number of aryl methyl sites for hydroxylation is 1. The van der Waals surface area contributed by atoms with E-state index in [-0.39, 0.29) is 12.4 Å². The molecule has 2 aromatic rings. The highest BCUT2D eigenvalue weighted by atomic mass is 32.2. The fourth-order valence-corrected chi connectivity index (χ4v) is 3.30. The van der Waals surface area contributed by atoms with Crippen molar-refractivity contribution in [3.05, 3.63) is 71.3 Å². The molecule has 0 aliphatic carbocycles. The number of sulfonamides is 1. The molecule has 22 heavy (non-hydrogen) atoms. The molecule has 1 atom stereocenters. The first-order chi connectivity index (χ1) is 10.5. The summed E-state index contributed by atoms with van der Waals surface area (Å²) in [7, 11) is -1.93. The summed E-state index contributed by atoms with van der Waals surface area (Å²) >= 11 is 0. The van der Waals surface area contributed by atoms with Gasteiger partial charge in [0.15, 0.2) is 0 Å². The molecule has 1 N–H and O–H groups in total. The number of methoxy groups -OCH3 is 1. The lowest BCUT2D eigenvalue weighted by atomic mass is 9.99. The lowest BCUT2D eigenvalue weighted by Gasteiger charge is -2.20. The van der Waals surface area contributed by atoms with Gasteiger partial charge in [-0.1, -0.05) is 60.2 Å². The average molecular weight is 319 g/mol. The Balaban J connectivity index is 2.32. The largest absolute Gasteiger partial charge is 0.384 e. The zero-order valence-electron chi connectivity index (χ0n) is 12.8. The molecule has 0 fully saturated rings. The summed E-state index contributed by atoms with van der Waals surface area (Å²) in [6.07, 6.45) is 0. The smallest absolute Gasteiger partial charge is 0.214 e. The molecule has 0 radical (unpaired) electrons. The van der Waals surface area contributed by atoms with Crippen LogP contribution >= 0.6 is 0 Å². The van der Waals surface area contributed by atoms with Crippen molar-refractivity contribution in [1.29, 1.82) is 0 Å². The molecular weight excluding hydrogens is 298 g/mol. The van der Waals surface area contributed by atoms with Crippen LogP contribution < -0.4 is 4.72 Å². The minimum Gasteiger partial charge on any atom is -0.384 e. The van der Waals surface area contributed by atoms with E-state index in [1.807, 2.05) is 61.5 Å². The Morgan fingerprint density at radius 1 is 1.00 bits per heavy atom. The van der Waals surface area contributed by atoms with E-state index in [0.717, 1.165) is 16.7 Å². The highest BCUT2D eigenvalue weighted by Gasteiger charge is 2.20. The van der Waals surface area contributed by atoms with E-state index >= 15 is 0 Å². The van der Waals surface area contributed by atoms with E-state index in [1.54, 1.807) is 0 Å². The first-order valence-electron chi connectivity index (χ1n) is 7.12. The zero-order valence-corrected chi connectivity index (χ0v) is 13.6. The molecule has 0 aliphatic heterocycles. The Labute approximate surface area is 132 Å². The van der Waals surface area contributed by atoms with E-state index in [4.69, 9.17) is 4.74 Å². The fraction of sp³-hybridized carbons (Fsp3) is 0.294. The number of rotatable bonds is 7. The van der Waals surface area contributed by atoms with Gasteiger partial charge in [0, 0.05) is 7.11 Å². The molecule has 0 saturated heterocycles. The van der Waals surface area contributed by atoms with Gasteiger partial charge in [-0.05, 0) is 18.1 Å². The van der Waals surface area contributed by atoms with E-state index in [0.29, 0.717) is 0 Å². The maximum atomic E-state index is 12.2. The molecule has 118 valence electrons. The second-order valence-electron chi connectivity index (χ2n) is 5.18. The van der Waals surface area contributed by atoms with Gasteiger partial charge >= 0.3 is 0 Å². The predicted octanol–water partition coefficient (Wildman–Crippen LogP) is 2.65. The zero-order chi connectivity index (χ0) is 16.0. The van der Waals surface area contributed by atoms with Crippen molar-refractivity contribution in [2.75, 3.05) is 19.5 Å². The summed E-state index contributed by atoms with van der Waals surface area (Å²) in [6.45, 7) is 2.18. The molecule has 0 amide bonds. The number of benzene rings is 2. The minimum absolute atomic E-state index is 0.0569. The molecule has 2 rings (SSSR count).